The summed E-state index contributed by atoms with van der Waals surface area (Å²) in [7, 11) is 0. The van der Waals surface area contributed by atoms with Crippen molar-refractivity contribution in [3.05, 3.63) is 50.3 Å². The second-order valence-electron chi connectivity index (χ2n) is 3.95. The van der Waals surface area contributed by atoms with E-state index < -0.39 is 21.4 Å². The van der Waals surface area contributed by atoms with Gasteiger partial charge in [-0.3, -0.25) is 20.2 Å². The van der Waals surface area contributed by atoms with Crippen LogP contribution in [0.3, 0.4) is 0 Å². The van der Waals surface area contributed by atoms with Crippen molar-refractivity contribution in [2.24, 2.45) is 0 Å². The van der Waals surface area contributed by atoms with Gasteiger partial charge in [-0.05, 0) is 12.5 Å². The molecule has 0 saturated heterocycles. The molecule has 0 fully saturated rings. The van der Waals surface area contributed by atoms with E-state index in [0.29, 0.717) is 5.56 Å². The average Bonchev–Trinajstić information content (AvgIpc) is 2.40. The molecule has 10 nitrogen and oxygen atoms in total. The Bertz CT molecular complexity index is 733. The van der Waals surface area contributed by atoms with Crippen molar-refractivity contribution in [2.75, 3.05) is 5.73 Å². The van der Waals surface area contributed by atoms with Crippen LogP contribution in [-0.2, 0) is 0 Å². The number of hydrogen-bond donors (Lipinski definition) is 1. The van der Waals surface area contributed by atoms with Gasteiger partial charge in [-0.1, -0.05) is 12.1 Å². The summed E-state index contributed by atoms with van der Waals surface area (Å²) in [4.78, 5) is 27.6. The molecular formula is C11H9N5O5. The van der Waals surface area contributed by atoms with Crippen LogP contribution in [0.15, 0.2) is 24.5 Å². The molecule has 2 N–H and O–H groups in total. The molecule has 1 aromatic carbocycles. The highest BCUT2D eigenvalue weighted by atomic mass is 16.6. The zero-order valence-electron chi connectivity index (χ0n) is 10.7. The van der Waals surface area contributed by atoms with Gasteiger partial charge < -0.3 is 10.5 Å². The fraction of sp³-hybridized carbons (Fsp3) is 0.0909. The second-order valence-corrected chi connectivity index (χ2v) is 3.95. The van der Waals surface area contributed by atoms with Gasteiger partial charge in [-0.15, -0.1) is 0 Å². The van der Waals surface area contributed by atoms with Gasteiger partial charge in [0.2, 0.25) is 11.6 Å². The van der Waals surface area contributed by atoms with Gasteiger partial charge in [0.05, 0.1) is 9.85 Å². The van der Waals surface area contributed by atoms with Crippen molar-refractivity contribution in [3.8, 4) is 11.6 Å². The van der Waals surface area contributed by atoms with E-state index in [1.807, 2.05) is 0 Å². The summed E-state index contributed by atoms with van der Waals surface area (Å²) in [5.41, 5.74) is 4.86. The number of nitro groups is 2. The molecule has 10 heteroatoms. The molecule has 2 aromatic rings. The number of anilines is 1. The molecule has 0 saturated carbocycles. The second kappa shape index (κ2) is 5.36. The summed E-state index contributed by atoms with van der Waals surface area (Å²) < 4.78 is 5.26. The Kier molecular flexibility index (Phi) is 3.61. The van der Waals surface area contributed by atoms with Crippen molar-refractivity contribution in [3.63, 3.8) is 0 Å². The summed E-state index contributed by atoms with van der Waals surface area (Å²) in [5.74, 6) is -0.977. The number of benzene rings is 1. The minimum atomic E-state index is -0.811. The lowest BCUT2D eigenvalue weighted by molar-refractivity contribution is -0.387. The SMILES string of the molecule is Cc1cccc([N+](=O)[O-])c1Oc1ncnc(N)c1[N+](=O)[O-]. The fourth-order valence-corrected chi connectivity index (χ4v) is 1.63. The topological polar surface area (TPSA) is 147 Å². The predicted octanol–water partition coefficient (Wildman–Crippen LogP) is 1.98. The van der Waals surface area contributed by atoms with Crippen LogP contribution < -0.4 is 10.5 Å². The summed E-state index contributed by atoms with van der Waals surface area (Å²) in [6.45, 7) is 1.57. The van der Waals surface area contributed by atoms with Gasteiger partial charge in [-0.25, -0.2) is 4.98 Å². The molecule has 0 aliphatic rings. The maximum absolute atomic E-state index is 11.0. The Morgan fingerprint density at radius 2 is 1.90 bits per heavy atom. The summed E-state index contributed by atoms with van der Waals surface area (Å²) in [6.07, 6.45) is 0.974. The summed E-state index contributed by atoms with van der Waals surface area (Å²) >= 11 is 0. The van der Waals surface area contributed by atoms with Gasteiger partial charge in [0, 0.05) is 6.07 Å². The first-order valence-electron chi connectivity index (χ1n) is 5.58. The Morgan fingerprint density at radius 1 is 1.19 bits per heavy atom. The molecule has 0 amide bonds. The number of aromatic nitrogens is 2. The number of nitrogens with two attached hydrogens (primary N) is 1. The number of ether oxygens (including phenoxy) is 1. The van der Waals surface area contributed by atoms with Crippen LogP contribution in [0.5, 0.6) is 11.6 Å². The smallest absolute Gasteiger partial charge is 0.372 e. The van der Waals surface area contributed by atoms with Gasteiger partial charge in [-0.2, -0.15) is 4.98 Å². The Morgan fingerprint density at radius 3 is 2.52 bits per heavy atom. The maximum Gasteiger partial charge on any atom is 0.372 e. The summed E-state index contributed by atoms with van der Waals surface area (Å²) in [5, 5.41) is 22.0. The lowest BCUT2D eigenvalue weighted by atomic mass is 10.2. The molecule has 0 unspecified atom stereocenters. The highest BCUT2D eigenvalue weighted by molar-refractivity contribution is 5.61. The largest absolute Gasteiger partial charge is 0.426 e. The predicted molar refractivity (Wildman–Crippen MR) is 71.0 cm³/mol. The first kappa shape index (κ1) is 14.1. The molecule has 0 aliphatic heterocycles. The van der Waals surface area contributed by atoms with E-state index >= 15 is 0 Å². The van der Waals surface area contributed by atoms with Crippen molar-refractivity contribution in [2.45, 2.75) is 6.92 Å². The number of nitro benzene ring substituents is 1. The molecule has 0 spiro atoms. The molecule has 0 radical (unpaired) electrons. The van der Waals surface area contributed by atoms with Crippen molar-refractivity contribution in [1.29, 1.82) is 0 Å². The molecular weight excluding hydrogens is 282 g/mol. The van der Waals surface area contributed by atoms with Gasteiger partial charge in [0.15, 0.2) is 0 Å². The lowest BCUT2D eigenvalue weighted by Gasteiger charge is -2.08. The highest BCUT2D eigenvalue weighted by Gasteiger charge is 2.26. The highest BCUT2D eigenvalue weighted by Crippen LogP contribution is 2.38. The first-order chi connectivity index (χ1) is 9.91. The molecule has 1 aromatic heterocycles. The maximum atomic E-state index is 11.0. The normalized spacial score (nSPS) is 10.1. The quantitative estimate of drug-likeness (QED) is 0.663. The number of nitrogen functional groups attached to an aromatic ring is 1. The molecule has 0 bridgehead atoms. The third kappa shape index (κ3) is 2.68. The van der Waals surface area contributed by atoms with E-state index in [1.165, 1.54) is 12.1 Å². The number of para-hydroxylation sites is 1. The number of aryl methyl sites for hydroxylation is 1. The van der Waals surface area contributed by atoms with Crippen LogP contribution in [0.2, 0.25) is 0 Å². The van der Waals surface area contributed by atoms with Crippen LogP contribution >= 0.6 is 0 Å². The third-order valence-corrected chi connectivity index (χ3v) is 2.59. The summed E-state index contributed by atoms with van der Waals surface area (Å²) in [6, 6.07) is 4.26. The van der Waals surface area contributed by atoms with Crippen LogP contribution in [0.25, 0.3) is 0 Å². The lowest BCUT2D eigenvalue weighted by Crippen LogP contribution is -2.04. The van der Waals surface area contributed by atoms with Crippen molar-refractivity contribution in [1.82, 2.24) is 9.97 Å². The Balaban J connectivity index is 2.56. The first-order valence-corrected chi connectivity index (χ1v) is 5.58. The minimum absolute atomic E-state index is 0.135. The van der Waals surface area contributed by atoms with Crippen LogP contribution in [0.4, 0.5) is 17.2 Å². The van der Waals surface area contributed by atoms with E-state index in [-0.39, 0.29) is 17.3 Å². The van der Waals surface area contributed by atoms with E-state index in [2.05, 4.69) is 9.97 Å². The Hall–Kier alpha value is -3.30. The van der Waals surface area contributed by atoms with Crippen LogP contribution in [-0.4, -0.2) is 19.8 Å². The number of rotatable bonds is 4. The van der Waals surface area contributed by atoms with Gasteiger partial charge in [0.1, 0.15) is 6.33 Å². The monoisotopic (exact) mass is 291 g/mol. The van der Waals surface area contributed by atoms with Gasteiger partial charge >= 0.3 is 17.3 Å². The third-order valence-electron chi connectivity index (χ3n) is 2.59. The zero-order valence-corrected chi connectivity index (χ0v) is 10.7. The average molecular weight is 291 g/mol. The molecule has 21 heavy (non-hydrogen) atoms. The van der Waals surface area contributed by atoms with E-state index in [1.54, 1.807) is 13.0 Å². The van der Waals surface area contributed by atoms with E-state index in [0.717, 1.165) is 6.33 Å². The van der Waals surface area contributed by atoms with Crippen LogP contribution in [0.1, 0.15) is 5.56 Å². The number of hydrogen-bond acceptors (Lipinski definition) is 8. The van der Waals surface area contributed by atoms with E-state index in [4.69, 9.17) is 10.5 Å². The van der Waals surface area contributed by atoms with E-state index in [9.17, 15) is 20.2 Å². The Labute approximate surface area is 117 Å². The number of nitrogens with zero attached hydrogens (tertiary/aromatic N) is 4. The van der Waals surface area contributed by atoms with Crippen molar-refractivity contribution < 1.29 is 14.6 Å². The molecule has 0 aliphatic carbocycles. The molecule has 2 rings (SSSR count). The molecule has 1 heterocycles. The van der Waals surface area contributed by atoms with Gasteiger partial charge in [0.25, 0.3) is 0 Å². The molecule has 0 atom stereocenters. The standard InChI is InChI=1S/C11H9N5O5/c1-6-3-2-4-7(15(17)18)9(6)21-11-8(16(19)20)10(12)13-5-14-11/h2-5H,1H3,(H2,12,13,14). The minimum Gasteiger partial charge on any atom is -0.426 e. The van der Waals surface area contributed by atoms with Crippen molar-refractivity contribution >= 4 is 17.2 Å². The van der Waals surface area contributed by atoms with Crippen LogP contribution in [0, 0.1) is 27.2 Å². The fourth-order valence-electron chi connectivity index (χ4n) is 1.63. The zero-order chi connectivity index (χ0) is 15.6. The molecule has 108 valence electrons.